The predicted octanol–water partition coefficient (Wildman–Crippen LogP) is 2.35. The van der Waals surface area contributed by atoms with Gasteiger partial charge < -0.3 is 14.8 Å². The molecular formula is C14H27NO2. The van der Waals surface area contributed by atoms with Gasteiger partial charge in [-0.25, -0.2) is 0 Å². The summed E-state index contributed by atoms with van der Waals surface area (Å²) in [6.07, 6.45) is 6.26. The van der Waals surface area contributed by atoms with Gasteiger partial charge in [0.1, 0.15) is 0 Å². The molecule has 17 heavy (non-hydrogen) atoms. The molecule has 0 saturated carbocycles. The second-order valence-electron chi connectivity index (χ2n) is 5.80. The van der Waals surface area contributed by atoms with Crippen LogP contribution in [0, 0.1) is 5.92 Å². The summed E-state index contributed by atoms with van der Waals surface area (Å²) < 4.78 is 12.0. The summed E-state index contributed by atoms with van der Waals surface area (Å²) in [5, 5.41) is 3.40. The van der Waals surface area contributed by atoms with Gasteiger partial charge in [0.2, 0.25) is 0 Å². The van der Waals surface area contributed by atoms with Crippen molar-refractivity contribution in [1.82, 2.24) is 5.32 Å². The number of nitrogens with one attached hydrogen (secondary N) is 1. The first-order chi connectivity index (χ1) is 8.24. The first-order valence-electron chi connectivity index (χ1n) is 7.20. The van der Waals surface area contributed by atoms with Crippen molar-refractivity contribution < 1.29 is 9.47 Å². The molecule has 100 valence electrons. The standard InChI is InChI=1S/C14H27NO2/c1-3-4-12(2)10-16-13-9-14(17-11-13)5-7-15-8-6-14/h12-13,15H,3-11H2,1-2H3. The van der Waals surface area contributed by atoms with Crippen LogP contribution in [0.15, 0.2) is 0 Å². The van der Waals surface area contributed by atoms with Gasteiger partial charge in [0.15, 0.2) is 0 Å². The second kappa shape index (κ2) is 6.17. The SMILES string of the molecule is CCCC(C)COC1COC2(CCNCC2)C1. The molecule has 3 heteroatoms. The van der Waals surface area contributed by atoms with Crippen LogP contribution in [0.4, 0.5) is 0 Å². The molecule has 0 radical (unpaired) electrons. The lowest BCUT2D eigenvalue weighted by Crippen LogP contribution is -2.41. The summed E-state index contributed by atoms with van der Waals surface area (Å²) in [6.45, 7) is 8.41. The van der Waals surface area contributed by atoms with Crippen molar-refractivity contribution in [2.24, 2.45) is 5.92 Å². The fourth-order valence-electron chi connectivity index (χ4n) is 3.02. The van der Waals surface area contributed by atoms with E-state index in [4.69, 9.17) is 9.47 Å². The zero-order valence-corrected chi connectivity index (χ0v) is 11.3. The highest BCUT2D eigenvalue weighted by atomic mass is 16.6. The molecule has 2 aliphatic heterocycles. The lowest BCUT2D eigenvalue weighted by molar-refractivity contribution is -0.0245. The van der Waals surface area contributed by atoms with E-state index < -0.39 is 0 Å². The topological polar surface area (TPSA) is 30.5 Å². The first-order valence-corrected chi connectivity index (χ1v) is 7.20. The van der Waals surface area contributed by atoms with Crippen molar-refractivity contribution in [2.75, 3.05) is 26.3 Å². The Morgan fingerprint density at radius 3 is 2.88 bits per heavy atom. The fourth-order valence-corrected chi connectivity index (χ4v) is 3.02. The Morgan fingerprint density at radius 1 is 1.41 bits per heavy atom. The van der Waals surface area contributed by atoms with Crippen LogP contribution in [0.1, 0.15) is 46.0 Å². The highest BCUT2D eigenvalue weighted by Crippen LogP contribution is 2.35. The molecular weight excluding hydrogens is 214 g/mol. The molecule has 0 amide bonds. The molecule has 0 bridgehead atoms. The molecule has 2 unspecified atom stereocenters. The zero-order valence-electron chi connectivity index (χ0n) is 11.3. The maximum absolute atomic E-state index is 6.02. The van der Waals surface area contributed by atoms with Gasteiger partial charge >= 0.3 is 0 Å². The Kier molecular flexibility index (Phi) is 4.83. The molecule has 2 rings (SSSR count). The molecule has 2 atom stereocenters. The number of hydrogen-bond acceptors (Lipinski definition) is 3. The summed E-state index contributed by atoms with van der Waals surface area (Å²) in [7, 11) is 0. The van der Waals surface area contributed by atoms with Crippen molar-refractivity contribution in [3.8, 4) is 0 Å². The van der Waals surface area contributed by atoms with Gasteiger partial charge in [0.25, 0.3) is 0 Å². The third-order valence-electron chi connectivity index (χ3n) is 4.09. The first kappa shape index (κ1) is 13.3. The smallest absolute Gasteiger partial charge is 0.0836 e. The predicted molar refractivity (Wildman–Crippen MR) is 69.2 cm³/mol. The molecule has 1 spiro atoms. The maximum atomic E-state index is 6.02. The van der Waals surface area contributed by atoms with Crippen molar-refractivity contribution in [1.29, 1.82) is 0 Å². The second-order valence-corrected chi connectivity index (χ2v) is 5.80. The van der Waals surface area contributed by atoms with E-state index in [0.717, 1.165) is 45.6 Å². The Hall–Kier alpha value is -0.120. The lowest BCUT2D eigenvalue weighted by Gasteiger charge is -2.32. The minimum absolute atomic E-state index is 0.143. The number of hydrogen-bond donors (Lipinski definition) is 1. The molecule has 0 aliphatic carbocycles. The van der Waals surface area contributed by atoms with E-state index in [-0.39, 0.29) is 5.60 Å². The number of rotatable bonds is 5. The van der Waals surface area contributed by atoms with Crippen LogP contribution in [0.25, 0.3) is 0 Å². The molecule has 2 aliphatic rings. The highest BCUT2D eigenvalue weighted by molar-refractivity contribution is 4.93. The van der Waals surface area contributed by atoms with Crippen LogP contribution >= 0.6 is 0 Å². The van der Waals surface area contributed by atoms with E-state index in [1.807, 2.05) is 0 Å². The Balaban J connectivity index is 1.70. The summed E-state index contributed by atoms with van der Waals surface area (Å²) in [5.74, 6) is 0.685. The zero-order chi connectivity index (χ0) is 12.1. The van der Waals surface area contributed by atoms with Gasteiger partial charge in [-0.05, 0) is 38.3 Å². The Labute approximate surface area is 105 Å². The van der Waals surface area contributed by atoms with Gasteiger partial charge in [-0.1, -0.05) is 20.3 Å². The third kappa shape index (κ3) is 3.67. The minimum atomic E-state index is 0.143. The summed E-state index contributed by atoms with van der Waals surface area (Å²) in [5.41, 5.74) is 0.143. The van der Waals surface area contributed by atoms with Crippen LogP contribution in [-0.2, 0) is 9.47 Å². The maximum Gasteiger partial charge on any atom is 0.0836 e. The van der Waals surface area contributed by atoms with Crippen molar-refractivity contribution in [2.45, 2.75) is 57.7 Å². The van der Waals surface area contributed by atoms with Crippen LogP contribution in [0.3, 0.4) is 0 Å². The van der Waals surface area contributed by atoms with Crippen LogP contribution in [-0.4, -0.2) is 38.0 Å². The van der Waals surface area contributed by atoms with Crippen molar-refractivity contribution >= 4 is 0 Å². The highest BCUT2D eigenvalue weighted by Gasteiger charge is 2.41. The molecule has 2 saturated heterocycles. The monoisotopic (exact) mass is 241 g/mol. The molecule has 1 N–H and O–H groups in total. The van der Waals surface area contributed by atoms with E-state index in [2.05, 4.69) is 19.2 Å². The largest absolute Gasteiger partial charge is 0.375 e. The average Bonchev–Trinajstić information content (AvgIpc) is 2.71. The van der Waals surface area contributed by atoms with Gasteiger partial charge in [-0.3, -0.25) is 0 Å². The van der Waals surface area contributed by atoms with E-state index in [9.17, 15) is 0 Å². The quantitative estimate of drug-likeness (QED) is 0.801. The van der Waals surface area contributed by atoms with E-state index in [0.29, 0.717) is 12.0 Å². The summed E-state index contributed by atoms with van der Waals surface area (Å²) in [4.78, 5) is 0. The Morgan fingerprint density at radius 2 is 2.18 bits per heavy atom. The lowest BCUT2D eigenvalue weighted by atomic mass is 9.89. The Bertz CT molecular complexity index is 226. The molecule has 0 aromatic heterocycles. The van der Waals surface area contributed by atoms with Crippen LogP contribution in [0.5, 0.6) is 0 Å². The van der Waals surface area contributed by atoms with E-state index >= 15 is 0 Å². The summed E-state index contributed by atoms with van der Waals surface area (Å²) >= 11 is 0. The summed E-state index contributed by atoms with van der Waals surface area (Å²) in [6, 6.07) is 0. The number of ether oxygens (including phenoxy) is 2. The molecule has 3 nitrogen and oxygen atoms in total. The van der Waals surface area contributed by atoms with Crippen LogP contribution < -0.4 is 5.32 Å². The van der Waals surface area contributed by atoms with Gasteiger partial charge in [0.05, 0.1) is 18.3 Å². The van der Waals surface area contributed by atoms with E-state index in [1.165, 1.54) is 12.8 Å². The van der Waals surface area contributed by atoms with Gasteiger partial charge in [-0.2, -0.15) is 0 Å². The molecule has 0 aromatic rings. The third-order valence-corrected chi connectivity index (χ3v) is 4.09. The minimum Gasteiger partial charge on any atom is -0.375 e. The fraction of sp³-hybridized carbons (Fsp3) is 1.00. The normalized spacial score (nSPS) is 29.6. The van der Waals surface area contributed by atoms with Crippen molar-refractivity contribution in [3.63, 3.8) is 0 Å². The average molecular weight is 241 g/mol. The van der Waals surface area contributed by atoms with E-state index in [1.54, 1.807) is 0 Å². The number of piperidine rings is 1. The van der Waals surface area contributed by atoms with Crippen LogP contribution in [0.2, 0.25) is 0 Å². The van der Waals surface area contributed by atoms with Gasteiger partial charge in [0, 0.05) is 13.0 Å². The van der Waals surface area contributed by atoms with Gasteiger partial charge in [-0.15, -0.1) is 0 Å². The molecule has 2 heterocycles. The molecule has 2 fully saturated rings. The van der Waals surface area contributed by atoms with Crippen molar-refractivity contribution in [3.05, 3.63) is 0 Å². The molecule has 0 aromatic carbocycles.